The predicted molar refractivity (Wildman–Crippen MR) is 102 cm³/mol. The van der Waals surface area contributed by atoms with Crippen LogP contribution in [-0.2, 0) is 14.3 Å². The van der Waals surface area contributed by atoms with Gasteiger partial charge in [-0.1, -0.05) is 37.1 Å². The van der Waals surface area contributed by atoms with Gasteiger partial charge in [-0.2, -0.15) is 0 Å². The van der Waals surface area contributed by atoms with E-state index in [4.69, 9.17) is 9.47 Å². The fourth-order valence-electron chi connectivity index (χ4n) is 4.18. The van der Waals surface area contributed by atoms with Gasteiger partial charge in [-0.3, -0.25) is 4.79 Å². The highest BCUT2D eigenvalue weighted by molar-refractivity contribution is 5.66. The first-order chi connectivity index (χ1) is 11.7. The number of hydrogen-bond acceptors (Lipinski definition) is 3. The number of esters is 1. The van der Waals surface area contributed by atoms with Gasteiger partial charge >= 0.3 is 5.97 Å². The van der Waals surface area contributed by atoms with E-state index in [1.807, 2.05) is 0 Å². The summed E-state index contributed by atoms with van der Waals surface area (Å²) in [6, 6.07) is 0. The Bertz CT molecular complexity index is 545. The quantitative estimate of drug-likeness (QED) is 0.471. The normalized spacial score (nSPS) is 38.6. The Balaban J connectivity index is 2.35. The number of allylic oxidation sites excluding steroid dienone is 3. The number of rotatable bonds is 2. The fraction of sp³-hybridized carbons (Fsp3) is 0.773. The maximum Gasteiger partial charge on any atom is 0.303 e. The van der Waals surface area contributed by atoms with Gasteiger partial charge < -0.3 is 9.47 Å². The molecule has 0 saturated carbocycles. The van der Waals surface area contributed by atoms with Gasteiger partial charge in [0.1, 0.15) is 11.7 Å². The highest BCUT2D eigenvalue weighted by Gasteiger charge is 2.52. The first-order valence-corrected chi connectivity index (χ1v) is 9.85. The van der Waals surface area contributed by atoms with Crippen molar-refractivity contribution in [3.05, 3.63) is 23.3 Å². The third-order valence-corrected chi connectivity index (χ3v) is 6.15. The van der Waals surface area contributed by atoms with Gasteiger partial charge in [0.15, 0.2) is 0 Å². The van der Waals surface area contributed by atoms with Crippen molar-refractivity contribution in [1.29, 1.82) is 0 Å². The smallest absolute Gasteiger partial charge is 0.303 e. The van der Waals surface area contributed by atoms with Crippen LogP contribution in [-0.4, -0.2) is 23.3 Å². The molecule has 3 heteroatoms. The summed E-state index contributed by atoms with van der Waals surface area (Å²) in [4.78, 5) is 11.7. The van der Waals surface area contributed by atoms with E-state index < -0.39 is 5.60 Å². The minimum Gasteiger partial charge on any atom is -0.459 e. The molecule has 2 bridgehead atoms. The Hall–Kier alpha value is -1.09. The lowest BCUT2D eigenvalue weighted by atomic mass is 9.82. The lowest BCUT2D eigenvalue weighted by Gasteiger charge is -2.39. The van der Waals surface area contributed by atoms with Crippen molar-refractivity contribution < 1.29 is 14.3 Å². The van der Waals surface area contributed by atoms with Crippen LogP contribution in [0.2, 0.25) is 0 Å². The minimum absolute atomic E-state index is 0.148. The zero-order valence-electron chi connectivity index (χ0n) is 17.0. The first kappa shape index (κ1) is 20.2. The van der Waals surface area contributed by atoms with Crippen LogP contribution in [0.3, 0.4) is 0 Å². The molecule has 0 amide bonds. The highest BCUT2D eigenvalue weighted by Crippen LogP contribution is 2.48. The summed E-state index contributed by atoms with van der Waals surface area (Å²) in [5.41, 5.74) is 2.27. The molecule has 0 spiro atoms. The van der Waals surface area contributed by atoms with Crippen molar-refractivity contribution in [2.75, 3.05) is 0 Å². The lowest BCUT2D eigenvalue weighted by Crippen LogP contribution is -2.46. The Morgan fingerprint density at radius 2 is 1.88 bits per heavy atom. The van der Waals surface area contributed by atoms with Gasteiger partial charge in [0.2, 0.25) is 0 Å². The Kier molecular flexibility index (Phi) is 6.53. The van der Waals surface area contributed by atoms with Crippen molar-refractivity contribution in [2.45, 2.75) is 104 Å². The maximum atomic E-state index is 11.7. The number of carbonyl (C=O) groups is 1. The average molecular weight is 349 g/mol. The fourth-order valence-corrected chi connectivity index (χ4v) is 4.18. The van der Waals surface area contributed by atoms with Crippen LogP contribution in [0.5, 0.6) is 0 Å². The Morgan fingerprint density at radius 3 is 2.52 bits per heavy atom. The highest BCUT2D eigenvalue weighted by atomic mass is 16.6. The van der Waals surface area contributed by atoms with Gasteiger partial charge in [0.25, 0.3) is 0 Å². The van der Waals surface area contributed by atoms with E-state index in [9.17, 15) is 4.79 Å². The summed E-state index contributed by atoms with van der Waals surface area (Å²) < 4.78 is 12.5. The summed E-state index contributed by atoms with van der Waals surface area (Å²) >= 11 is 0. The summed E-state index contributed by atoms with van der Waals surface area (Å²) in [6.07, 6.45) is 11.4. The summed E-state index contributed by atoms with van der Waals surface area (Å²) in [7, 11) is 0. The number of hydrogen-bond donors (Lipinski definition) is 0. The predicted octanol–water partition coefficient (Wildman–Crippen LogP) is 5.74. The van der Waals surface area contributed by atoms with Gasteiger partial charge in [0, 0.05) is 6.92 Å². The van der Waals surface area contributed by atoms with Gasteiger partial charge in [0.05, 0.1) is 5.60 Å². The Morgan fingerprint density at radius 1 is 1.20 bits per heavy atom. The molecule has 1 saturated heterocycles. The van der Waals surface area contributed by atoms with E-state index in [0.29, 0.717) is 5.92 Å². The van der Waals surface area contributed by atoms with Gasteiger partial charge in [-0.15, -0.1) is 0 Å². The van der Waals surface area contributed by atoms with E-state index in [-0.39, 0.29) is 17.7 Å². The molecule has 0 aromatic rings. The summed E-state index contributed by atoms with van der Waals surface area (Å²) in [5.74, 6) is 0.222. The summed E-state index contributed by atoms with van der Waals surface area (Å²) in [5, 5.41) is 0. The molecule has 0 N–H and O–H groups in total. The standard InChI is InChI=1S/C22H36O3/c1-16(2)22-13-12-18(4)9-7-8-17(3)10-11-20(24-19(5)23)21(6,25-22)14-15-22/h8,12,16,20H,7,9-11,13-15H2,1-6H3/b17-8-,18-12+/t20-,21+,22+/m1/s1. The summed E-state index contributed by atoms with van der Waals surface area (Å²) in [6.45, 7) is 12.6. The molecular weight excluding hydrogens is 312 g/mol. The van der Waals surface area contributed by atoms with Crippen LogP contribution in [0, 0.1) is 5.92 Å². The monoisotopic (exact) mass is 348 g/mol. The van der Waals surface area contributed by atoms with Crippen LogP contribution in [0.4, 0.5) is 0 Å². The zero-order chi connectivity index (χ0) is 18.7. The molecule has 2 rings (SSSR count). The number of carbonyl (C=O) groups excluding carboxylic acids is 1. The first-order valence-electron chi connectivity index (χ1n) is 9.85. The molecule has 0 radical (unpaired) electrons. The van der Waals surface area contributed by atoms with Crippen molar-refractivity contribution >= 4 is 5.97 Å². The average Bonchev–Trinajstić information content (AvgIpc) is 2.88. The van der Waals surface area contributed by atoms with Gasteiger partial charge in [-0.05, 0) is 71.6 Å². The molecular formula is C22H36O3. The lowest BCUT2D eigenvalue weighted by molar-refractivity contribution is -0.186. The Labute approximate surface area is 153 Å². The molecule has 3 atom stereocenters. The van der Waals surface area contributed by atoms with Crippen LogP contribution < -0.4 is 0 Å². The van der Waals surface area contributed by atoms with Crippen molar-refractivity contribution in [2.24, 2.45) is 5.92 Å². The van der Waals surface area contributed by atoms with Crippen molar-refractivity contribution in [3.8, 4) is 0 Å². The third-order valence-electron chi connectivity index (χ3n) is 6.15. The molecule has 0 unspecified atom stereocenters. The van der Waals surface area contributed by atoms with Crippen LogP contribution in [0.15, 0.2) is 23.3 Å². The second kappa shape index (κ2) is 8.07. The second-order valence-corrected chi connectivity index (χ2v) is 8.61. The molecule has 25 heavy (non-hydrogen) atoms. The molecule has 0 aromatic heterocycles. The SMILES string of the molecule is CC(=O)O[C@@H]1CC/C(C)=C\CC/C(C)=C/C[C@@]2(C(C)C)CC[C@]1(C)O2. The number of fused-ring (bicyclic) bond motifs is 2. The number of ether oxygens (including phenoxy) is 2. The molecule has 0 aromatic carbocycles. The van der Waals surface area contributed by atoms with Gasteiger partial charge in [-0.25, -0.2) is 0 Å². The van der Waals surface area contributed by atoms with Crippen LogP contribution in [0.1, 0.15) is 86.5 Å². The second-order valence-electron chi connectivity index (χ2n) is 8.61. The van der Waals surface area contributed by atoms with E-state index in [1.54, 1.807) is 0 Å². The topological polar surface area (TPSA) is 35.5 Å². The third kappa shape index (κ3) is 4.97. The van der Waals surface area contributed by atoms with Crippen molar-refractivity contribution in [1.82, 2.24) is 0 Å². The molecule has 2 aliphatic heterocycles. The molecule has 3 nitrogen and oxygen atoms in total. The molecule has 142 valence electrons. The van der Waals surface area contributed by atoms with Crippen molar-refractivity contribution in [3.63, 3.8) is 0 Å². The maximum absolute atomic E-state index is 11.7. The molecule has 2 aliphatic rings. The van der Waals surface area contributed by atoms with Crippen LogP contribution >= 0.6 is 0 Å². The van der Waals surface area contributed by atoms with Crippen LogP contribution in [0.25, 0.3) is 0 Å². The largest absolute Gasteiger partial charge is 0.459 e. The molecule has 1 fully saturated rings. The zero-order valence-corrected chi connectivity index (χ0v) is 17.0. The van der Waals surface area contributed by atoms with E-state index >= 15 is 0 Å². The van der Waals surface area contributed by atoms with E-state index in [2.05, 4.69) is 46.8 Å². The van der Waals surface area contributed by atoms with E-state index in [0.717, 1.165) is 44.9 Å². The van der Waals surface area contributed by atoms with E-state index in [1.165, 1.54) is 18.1 Å². The molecule has 0 aliphatic carbocycles. The molecule has 2 heterocycles. The minimum atomic E-state index is -0.397.